The number of aryl methyl sites for hydroxylation is 2. The minimum absolute atomic E-state index is 0.0173. The third-order valence-electron chi connectivity index (χ3n) is 5.63. The summed E-state index contributed by atoms with van der Waals surface area (Å²) in [6, 6.07) is 17.9. The molecular formula is C28H31NO5. The summed E-state index contributed by atoms with van der Waals surface area (Å²) in [5, 5.41) is 10.8. The van der Waals surface area contributed by atoms with Gasteiger partial charge in [-0.05, 0) is 61.2 Å². The first kappa shape index (κ1) is 25.1. The van der Waals surface area contributed by atoms with E-state index in [0.717, 1.165) is 11.1 Å². The normalized spacial score (nSPS) is 13.1. The minimum Gasteiger partial charge on any atom is -0.419 e. The van der Waals surface area contributed by atoms with Gasteiger partial charge in [0.15, 0.2) is 11.5 Å². The predicted octanol–water partition coefficient (Wildman–Crippen LogP) is 5.15. The van der Waals surface area contributed by atoms with Crippen LogP contribution < -0.4 is 15.2 Å². The fourth-order valence-electron chi connectivity index (χ4n) is 3.25. The summed E-state index contributed by atoms with van der Waals surface area (Å²) in [6.45, 7) is 9.62. The van der Waals surface area contributed by atoms with Gasteiger partial charge in [-0.3, -0.25) is 0 Å². The first-order valence-electron chi connectivity index (χ1n) is 11.1. The Labute approximate surface area is 200 Å². The van der Waals surface area contributed by atoms with Crippen LogP contribution in [0.3, 0.4) is 0 Å². The second-order valence-electron chi connectivity index (χ2n) is 9.55. The van der Waals surface area contributed by atoms with Gasteiger partial charge >= 0.3 is 11.9 Å². The Morgan fingerprint density at radius 3 is 1.65 bits per heavy atom. The molecule has 0 heterocycles. The van der Waals surface area contributed by atoms with Crippen LogP contribution in [0, 0.1) is 19.3 Å². The van der Waals surface area contributed by atoms with Crippen LogP contribution in [-0.4, -0.2) is 23.1 Å². The van der Waals surface area contributed by atoms with Crippen LogP contribution in [0.4, 0.5) is 0 Å². The van der Waals surface area contributed by atoms with E-state index < -0.39 is 24.1 Å². The highest BCUT2D eigenvalue weighted by Crippen LogP contribution is 2.35. The molecule has 0 aliphatic carbocycles. The molecule has 178 valence electrons. The zero-order chi connectivity index (χ0) is 25.0. The number of aliphatic hydroxyl groups excluding tert-OH is 1. The van der Waals surface area contributed by atoms with E-state index in [1.165, 1.54) is 12.1 Å². The van der Waals surface area contributed by atoms with Crippen molar-refractivity contribution in [2.45, 2.75) is 46.8 Å². The molecule has 3 aromatic rings. The predicted molar refractivity (Wildman–Crippen MR) is 131 cm³/mol. The highest BCUT2D eigenvalue weighted by atomic mass is 16.6. The van der Waals surface area contributed by atoms with E-state index >= 15 is 0 Å². The molecule has 0 bridgehead atoms. The maximum Gasteiger partial charge on any atom is 0.343 e. The average molecular weight is 462 g/mol. The number of benzene rings is 3. The van der Waals surface area contributed by atoms with E-state index in [-0.39, 0.29) is 16.9 Å². The summed E-state index contributed by atoms with van der Waals surface area (Å²) < 4.78 is 11.2. The second kappa shape index (κ2) is 10.2. The van der Waals surface area contributed by atoms with Gasteiger partial charge in [-0.25, -0.2) is 9.59 Å². The lowest BCUT2D eigenvalue weighted by Crippen LogP contribution is -2.40. The molecule has 3 rings (SSSR count). The smallest absolute Gasteiger partial charge is 0.343 e. The molecule has 0 aliphatic heterocycles. The molecule has 0 aromatic heterocycles. The topological polar surface area (TPSA) is 98.8 Å². The number of aliphatic hydroxyl groups is 1. The van der Waals surface area contributed by atoms with Gasteiger partial charge in [-0.15, -0.1) is 0 Å². The minimum atomic E-state index is -1.02. The molecule has 6 nitrogen and oxygen atoms in total. The fourth-order valence-corrected chi connectivity index (χ4v) is 3.25. The van der Waals surface area contributed by atoms with Crippen molar-refractivity contribution in [1.82, 2.24) is 0 Å². The molecule has 2 unspecified atom stereocenters. The number of rotatable bonds is 6. The number of hydrogen-bond donors (Lipinski definition) is 2. The third-order valence-corrected chi connectivity index (χ3v) is 5.63. The van der Waals surface area contributed by atoms with E-state index in [2.05, 4.69) is 0 Å². The van der Waals surface area contributed by atoms with Gasteiger partial charge in [0.05, 0.1) is 17.2 Å². The molecule has 3 aromatic carbocycles. The van der Waals surface area contributed by atoms with Gasteiger partial charge in [0.1, 0.15) is 0 Å². The van der Waals surface area contributed by atoms with Crippen LogP contribution in [0.5, 0.6) is 11.5 Å². The SMILES string of the molecule is Cc1ccc(C(=O)Oc2ccc(C(O)C(N)C(C)(C)C)cc2OC(=O)c2ccc(C)cc2)cc1. The molecule has 0 fully saturated rings. The third kappa shape index (κ3) is 6.10. The van der Waals surface area contributed by atoms with Crippen molar-refractivity contribution in [2.75, 3.05) is 0 Å². The highest BCUT2D eigenvalue weighted by Gasteiger charge is 2.29. The quantitative estimate of drug-likeness (QED) is 0.389. The van der Waals surface area contributed by atoms with Crippen LogP contribution >= 0.6 is 0 Å². The molecule has 0 radical (unpaired) electrons. The molecule has 6 heteroatoms. The van der Waals surface area contributed by atoms with Crippen molar-refractivity contribution in [3.8, 4) is 11.5 Å². The standard InChI is InChI=1S/C28H31NO5/c1-17-6-10-19(11-7-17)26(31)33-22-15-14-21(24(30)25(29)28(3,4)5)16-23(22)34-27(32)20-12-8-18(2)9-13-20/h6-16,24-25,30H,29H2,1-5H3. The number of nitrogens with two attached hydrogens (primary N) is 1. The fraction of sp³-hybridized carbons (Fsp3) is 0.286. The monoisotopic (exact) mass is 461 g/mol. The number of carbonyl (C=O) groups is 2. The Hall–Kier alpha value is -3.48. The van der Waals surface area contributed by atoms with Crippen LogP contribution in [0.2, 0.25) is 0 Å². The highest BCUT2D eigenvalue weighted by molar-refractivity contribution is 5.93. The summed E-state index contributed by atoms with van der Waals surface area (Å²) in [5.74, 6) is -1.12. The van der Waals surface area contributed by atoms with Gasteiger partial charge in [-0.1, -0.05) is 62.2 Å². The molecule has 0 aliphatic rings. The van der Waals surface area contributed by atoms with Crippen LogP contribution in [0.1, 0.15) is 64.3 Å². The van der Waals surface area contributed by atoms with Crippen LogP contribution in [0.15, 0.2) is 66.7 Å². The molecular weight excluding hydrogens is 430 g/mol. The van der Waals surface area contributed by atoms with E-state index in [1.54, 1.807) is 42.5 Å². The number of ether oxygens (including phenoxy) is 2. The Morgan fingerprint density at radius 2 is 1.21 bits per heavy atom. The van der Waals surface area contributed by atoms with E-state index in [1.807, 2.05) is 46.8 Å². The van der Waals surface area contributed by atoms with Crippen molar-refractivity contribution in [3.05, 3.63) is 94.5 Å². The summed E-state index contributed by atoms with van der Waals surface area (Å²) in [7, 11) is 0. The van der Waals surface area contributed by atoms with E-state index in [0.29, 0.717) is 16.7 Å². The summed E-state index contributed by atoms with van der Waals surface area (Å²) in [4.78, 5) is 25.5. The molecule has 34 heavy (non-hydrogen) atoms. The van der Waals surface area contributed by atoms with Crippen molar-refractivity contribution in [3.63, 3.8) is 0 Å². The van der Waals surface area contributed by atoms with Crippen molar-refractivity contribution >= 4 is 11.9 Å². The maximum absolute atomic E-state index is 12.8. The van der Waals surface area contributed by atoms with Crippen molar-refractivity contribution in [2.24, 2.45) is 11.1 Å². The summed E-state index contributed by atoms with van der Waals surface area (Å²) >= 11 is 0. The van der Waals surface area contributed by atoms with E-state index in [4.69, 9.17) is 15.2 Å². The van der Waals surface area contributed by atoms with Gasteiger partial charge in [0, 0.05) is 6.04 Å². The molecule has 0 spiro atoms. The van der Waals surface area contributed by atoms with Gasteiger partial charge in [0.2, 0.25) is 0 Å². The Bertz CT molecular complexity index is 1160. The Morgan fingerprint density at radius 1 is 0.765 bits per heavy atom. The maximum atomic E-state index is 12.8. The van der Waals surface area contributed by atoms with E-state index in [9.17, 15) is 14.7 Å². The molecule has 0 saturated heterocycles. The number of carbonyl (C=O) groups excluding carboxylic acids is 2. The van der Waals surface area contributed by atoms with Gasteiger partial charge in [-0.2, -0.15) is 0 Å². The van der Waals surface area contributed by atoms with Crippen molar-refractivity contribution in [1.29, 1.82) is 0 Å². The summed E-state index contributed by atoms with van der Waals surface area (Å²) in [6.07, 6.45) is -1.02. The first-order chi connectivity index (χ1) is 16.0. The van der Waals surface area contributed by atoms with Gasteiger partial charge < -0.3 is 20.3 Å². The van der Waals surface area contributed by atoms with Crippen LogP contribution in [-0.2, 0) is 0 Å². The second-order valence-corrected chi connectivity index (χ2v) is 9.55. The first-order valence-corrected chi connectivity index (χ1v) is 11.1. The molecule has 3 N–H and O–H groups in total. The van der Waals surface area contributed by atoms with Crippen LogP contribution in [0.25, 0.3) is 0 Å². The molecule has 0 amide bonds. The number of esters is 2. The lowest BCUT2D eigenvalue weighted by Gasteiger charge is -2.31. The van der Waals surface area contributed by atoms with Gasteiger partial charge in [0.25, 0.3) is 0 Å². The zero-order valence-electron chi connectivity index (χ0n) is 20.2. The Balaban J connectivity index is 1.94. The largest absolute Gasteiger partial charge is 0.419 e. The molecule has 2 atom stereocenters. The zero-order valence-corrected chi connectivity index (χ0v) is 20.2. The lowest BCUT2D eigenvalue weighted by atomic mass is 9.82. The lowest BCUT2D eigenvalue weighted by molar-refractivity contribution is 0.0679. The number of hydrogen-bond acceptors (Lipinski definition) is 6. The Kier molecular flexibility index (Phi) is 7.54. The molecule has 0 saturated carbocycles. The average Bonchev–Trinajstić information content (AvgIpc) is 2.79. The van der Waals surface area contributed by atoms with Crippen molar-refractivity contribution < 1.29 is 24.2 Å². The summed E-state index contributed by atoms with van der Waals surface area (Å²) in [5.41, 5.74) is 9.05.